The van der Waals surface area contributed by atoms with Gasteiger partial charge in [-0.2, -0.15) is 0 Å². The van der Waals surface area contributed by atoms with Crippen molar-refractivity contribution in [3.63, 3.8) is 0 Å². The van der Waals surface area contributed by atoms with Gasteiger partial charge in [0, 0.05) is 30.6 Å². The van der Waals surface area contributed by atoms with Crippen LogP contribution in [-0.2, 0) is 4.74 Å². The first kappa shape index (κ1) is 41.7. The maximum atomic E-state index is 13.7. The maximum Gasteiger partial charge on any atom is 0.410 e. The third-order valence-electron chi connectivity index (χ3n) is 15.1. The number of rotatable bonds is 18. The van der Waals surface area contributed by atoms with Gasteiger partial charge in [-0.05, 0) is 151 Å². The van der Waals surface area contributed by atoms with Crippen molar-refractivity contribution in [2.24, 2.45) is 63.7 Å². The van der Waals surface area contributed by atoms with Gasteiger partial charge in [0.05, 0.1) is 0 Å². The summed E-state index contributed by atoms with van der Waals surface area (Å²) in [5.74, 6) is 5.91. The molecule has 1 amide bonds. The summed E-state index contributed by atoms with van der Waals surface area (Å²) in [4.78, 5) is 15.6. The molecular weight excluding hydrogens is 615 g/mol. The molecule has 4 aliphatic carbocycles. The lowest BCUT2D eigenvalue weighted by molar-refractivity contribution is -0.0596. The van der Waals surface area contributed by atoms with Crippen LogP contribution in [0, 0.1) is 52.3 Å². The lowest BCUT2D eigenvalue weighted by atomic mass is 9.47. The van der Waals surface area contributed by atoms with E-state index in [2.05, 4.69) is 75.3 Å². The van der Waals surface area contributed by atoms with E-state index in [-0.39, 0.29) is 28.7 Å². The molecule has 9 atom stereocenters. The van der Waals surface area contributed by atoms with Crippen LogP contribution in [-0.4, -0.2) is 41.3 Å². The van der Waals surface area contributed by atoms with Gasteiger partial charge in [0.15, 0.2) is 0 Å². The Morgan fingerprint density at radius 2 is 1.56 bits per heavy atom. The van der Waals surface area contributed by atoms with Gasteiger partial charge in [0.2, 0.25) is 0 Å². The summed E-state index contributed by atoms with van der Waals surface area (Å²) in [5.41, 5.74) is 14.5. The molecule has 4 aliphatic rings. The quantitative estimate of drug-likeness (QED) is 0.110. The number of unbranched alkanes of at least 4 members (excludes halogenated alkanes) is 4. The normalized spacial score (nSPS) is 32.5. The zero-order valence-electron chi connectivity index (χ0n) is 34.8. The smallest absolute Gasteiger partial charge is 0.410 e. The summed E-state index contributed by atoms with van der Waals surface area (Å²) in [6.07, 6.45) is 24.2. The highest BCUT2D eigenvalue weighted by molar-refractivity contribution is 5.68. The van der Waals surface area contributed by atoms with E-state index < -0.39 is 0 Å². The van der Waals surface area contributed by atoms with Gasteiger partial charge < -0.3 is 21.1 Å². The summed E-state index contributed by atoms with van der Waals surface area (Å²) in [6, 6.07) is 0. The van der Waals surface area contributed by atoms with Crippen molar-refractivity contribution < 1.29 is 9.53 Å². The SMILES string of the molecule is CC[C@H](CC[C@@H](C)[C@H]1CC[C@H]2[C@@H]3CC=C4C[C@@H](OC(=O)N(CCCCCCCC(C)(C)N)CCC(C)(C)N)CC[C@]4(C)[C@H]3CC[C@]12C)C(C)C. The van der Waals surface area contributed by atoms with Crippen molar-refractivity contribution in [2.75, 3.05) is 13.1 Å². The molecule has 50 heavy (non-hydrogen) atoms. The van der Waals surface area contributed by atoms with E-state index in [0.29, 0.717) is 12.0 Å². The Labute approximate surface area is 310 Å². The molecule has 3 saturated carbocycles. The summed E-state index contributed by atoms with van der Waals surface area (Å²) in [5, 5.41) is 0. The third-order valence-corrected chi connectivity index (χ3v) is 15.1. The van der Waals surface area contributed by atoms with Gasteiger partial charge in [-0.25, -0.2) is 4.79 Å². The van der Waals surface area contributed by atoms with Crippen LogP contribution in [0.5, 0.6) is 0 Å². The number of carbonyl (C=O) groups excluding carboxylic acids is 1. The minimum Gasteiger partial charge on any atom is -0.446 e. The predicted octanol–water partition coefficient (Wildman–Crippen LogP) is 11.7. The number of fused-ring (bicyclic) bond motifs is 5. The fourth-order valence-corrected chi connectivity index (χ4v) is 11.7. The monoisotopic (exact) mass is 698 g/mol. The highest BCUT2D eigenvalue weighted by atomic mass is 16.6. The number of nitrogens with two attached hydrogens (primary N) is 2. The van der Waals surface area contributed by atoms with Gasteiger partial charge in [0.1, 0.15) is 6.10 Å². The lowest BCUT2D eigenvalue weighted by Gasteiger charge is -2.58. The summed E-state index contributed by atoms with van der Waals surface area (Å²) in [7, 11) is 0. The van der Waals surface area contributed by atoms with E-state index in [1.807, 2.05) is 4.90 Å². The molecule has 0 saturated heterocycles. The van der Waals surface area contributed by atoms with Crippen molar-refractivity contribution in [1.29, 1.82) is 0 Å². The van der Waals surface area contributed by atoms with E-state index in [1.54, 1.807) is 5.57 Å². The molecule has 0 aromatic carbocycles. The molecule has 0 heterocycles. The van der Waals surface area contributed by atoms with Crippen molar-refractivity contribution in [3.05, 3.63) is 11.6 Å². The largest absolute Gasteiger partial charge is 0.446 e. The number of ether oxygens (including phenoxy) is 1. The van der Waals surface area contributed by atoms with Crippen LogP contribution in [0.2, 0.25) is 0 Å². The van der Waals surface area contributed by atoms with Crippen molar-refractivity contribution in [3.8, 4) is 0 Å². The van der Waals surface area contributed by atoms with Gasteiger partial charge in [-0.3, -0.25) is 0 Å². The molecule has 0 spiro atoms. The van der Waals surface area contributed by atoms with Crippen LogP contribution < -0.4 is 11.5 Å². The zero-order chi connectivity index (χ0) is 36.9. The second kappa shape index (κ2) is 17.4. The third kappa shape index (κ3) is 10.5. The fourth-order valence-electron chi connectivity index (χ4n) is 11.7. The van der Waals surface area contributed by atoms with E-state index in [0.717, 1.165) is 92.9 Å². The van der Waals surface area contributed by atoms with Crippen LogP contribution in [0.3, 0.4) is 0 Å². The molecule has 0 bridgehead atoms. The topological polar surface area (TPSA) is 81.6 Å². The lowest BCUT2D eigenvalue weighted by Crippen LogP contribution is -2.51. The molecule has 4 N–H and O–H groups in total. The first-order chi connectivity index (χ1) is 23.4. The second-order valence-electron chi connectivity index (χ2n) is 20.4. The molecule has 0 aromatic heterocycles. The molecule has 5 heteroatoms. The van der Waals surface area contributed by atoms with Gasteiger partial charge in [-0.15, -0.1) is 0 Å². The molecule has 0 unspecified atom stereocenters. The minimum absolute atomic E-state index is 0.00488. The number of hydrogen-bond donors (Lipinski definition) is 2. The van der Waals surface area contributed by atoms with Crippen molar-refractivity contribution in [1.82, 2.24) is 4.90 Å². The average Bonchev–Trinajstić information content (AvgIpc) is 3.38. The number of nitrogens with zero attached hydrogens (tertiary/aromatic N) is 1. The molecule has 0 radical (unpaired) electrons. The number of hydrogen-bond acceptors (Lipinski definition) is 4. The number of amides is 1. The van der Waals surface area contributed by atoms with Crippen molar-refractivity contribution in [2.45, 2.75) is 202 Å². The highest BCUT2D eigenvalue weighted by Gasteiger charge is 2.59. The van der Waals surface area contributed by atoms with E-state index in [4.69, 9.17) is 16.2 Å². The Balaban J connectivity index is 1.33. The maximum absolute atomic E-state index is 13.7. The first-order valence-corrected chi connectivity index (χ1v) is 21.6. The van der Waals surface area contributed by atoms with Crippen LogP contribution in [0.1, 0.15) is 185 Å². The second-order valence-corrected chi connectivity index (χ2v) is 20.4. The van der Waals surface area contributed by atoms with Crippen LogP contribution in [0.25, 0.3) is 0 Å². The molecule has 0 aromatic rings. The Hall–Kier alpha value is -1.07. The highest BCUT2D eigenvalue weighted by Crippen LogP contribution is 2.67. The first-order valence-electron chi connectivity index (χ1n) is 21.6. The fraction of sp³-hybridized carbons (Fsp3) is 0.933. The van der Waals surface area contributed by atoms with Crippen LogP contribution in [0.15, 0.2) is 11.6 Å². The molecule has 4 rings (SSSR count). The van der Waals surface area contributed by atoms with Gasteiger partial charge in [0.25, 0.3) is 0 Å². The van der Waals surface area contributed by atoms with E-state index >= 15 is 0 Å². The number of carbonyl (C=O) groups is 1. The molecule has 290 valence electrons. The predicted molar refractivity (Wildman–Crippen MR) is 213 cm³/mol. The Bertz CT molecular complexity index is 1100. The zero-order valence-corrected chi connectivity index (χ0v) is 34.8. The molecule has 0 aliphatic heterocycles. The average molecular weight is 698 g/mol. The van der Waals surface area contributed by atoms with Gasteiger partial charge >= 0.3 is 6.09 Å². The summed E-state index contributed by atoms with van der Waals surface area (Å²) < 4.78 is 6.36. The van der Waals surface area contributed by atoms with E-state index in [1.165, 1.54) is 70.6 Å². The summed E-state index contributed by atoms with van der Waals surface area (Å²) >= 11 is 0. The summed E-state index contributed by atoms with van der Waals surface area (Å²) in [6.45, 7) is 24.9. The van der Waals surface area contributed by atoms with Crippen LogP contribution >= 0.6 is 0 Å². The standard InChI is InChI=1S/C45H83N3O2/c1-11-34(32(2)3)18-17-33(4)38-21-22-39-37-20-19-35-31-36(23-26-44(35,9)40(37)24-27-45(38,39)10)50-41(49)48(30-28-43(7,8)47)29-16-14-12-13-15-25-42(5,6)46/h19,32-34,36-40H,11-18,20-31,46-47H2,1-10H3/t33-,34-,36+,37+,38-,39+,40+,44+,45-/m1/s1. The van der Waals surface area contributed by atoms with E-state index in [9.17, 15) is 4.79 Å². The minimum atomic E-state index is -0.303. The number of allylic oxidation sites excluding steroid dienone is 1. The Morgan fingerprint density at radius 3 is 2.22 bits per heavy atom. The van der Waals surface area contributed by atoms with Gasteiger partial charge in [-0.1, -0.05) is 91.7 Å². The molecule has 5 nitrogen and oxygen atoms in total. The van der Waals surface area contributed by atoms with Crippen LogP contribution in [0.4, 0.5) is 4.79 Å². The molecule has 3 fully saturated rings. The van der Waals surface area contributed by atoms with Crippen molar-refractivity contribution >= 4 is 6.09 Å². The Kier molecular flexibility index (Phi) is 14.5. The Morgan fingerprint density at radius 1 is 0.880 bits per heavy atom. The molecular formula is C45H83N3O2.